The maximum atomic E-state index is 11.5. The Balaban J connectivity index is 1.39. The average molecular weight is 554 g/mol. The molecule has 0 spiro atoms. The zero-order valence-corrected chi connectivity index (χ0v) is 23.6. The second kappa shape index (κ2) is 13.3. The number of amides is 1. The molecule has 4 aromatic carbocycles. The maximum absolute atomic E-state index is 11.5. The van der Waals surface area contributed by atoms with Gasteiger partial charge in [0.1, 0.15) is 0 Å². The molecule has 1 heterocycles. The summed E-state index contributed by atoms with van der Waals surface area (Å²) in [5, 5.41) is 12.4. The van der Waals surface area contributed by atoms with Crippen LogP contribution in [0.3, 0.4) is 0 Å². The molecular weight excluding hydrogens is 518 g/mol. The Morgan fingerprint density at radius 3 is 2.23 bits per heavy atom. The molecule has 0 saturated carbocycles. The van der Waals surface area contributed by atoms with Crippen molar-refractivity contribution in [2.24, 2.45) is 5.92 Å². The Morgan fingerprint density at radius 1 is 0.850 bits per heavy atom. The molecule has 1 fully saturated rings. The van der Waals surface area contributed by atoms with Gasteiger partial charge in [-0.25, -0.2) is 0 Å². The van der Waals surface area contributed by atoms with E-state index in [1.54, 1.807) is 11.8 Å². The van der Waals surface area contributed by atoms with Crippen molar-refractivity contribution in [3.63, 3.8) is 0 Å². The molecule has 1 amide bonds. The number of ether oxygens (including phenoxy) is 2. The van der Waals surface area contributed by atoms with E-state index in [9.17, 15) is 9.90 Å². The molecule has 6 heteroatoms. The molecular formula is C34H35NO4S. The van der Waals surface area contributed by atoms with Crippen molar-refractivity contribution >= 4 is 17.7 Å². The van der Waals surface area contributed by atoms with Crippen molar-refractivity contribution in [3.8, 4) is 11.1 Å². The monoisotopic (exact) mass is 553 g/mol. The van der Waals surface area contributed by atoms with E-state index in [-0.39, 0.29) is 30.6 Å². The molecule has 5 nitrogen and oxygen atoms in total. The Hall–Kier alpha value is -3.42. The van der Waals surface area contributed by atoms with Crippen LogP contribution in [0.2, 0.25) is 0 Å². The van der Waals surface area contributed by atoms with Crippen LogP contribution in [0.5, 0.6) is 0 Å². The standard InChI is InChI=1S/C34H35NO4S/c1-23-32(22-40-30-9-4-3-5-10-30)38-34(39-33(23)27-14-12-25(21-36)13-15-27)28-18-16-26(17-19-28)31-11-7-6-8-29(31)20-35-24(2)37/h3-19,23,32-34,36H,20-22H2,1-2H3,(H,35,37)/t23-,32+,33+,34+/m0/s1. The second-order valence-electron chi connectivity index (χ2n) is 10.1. The van der Waals surface area contributed by atoms with Gasteiger partial charge in [-0.05, 0) is 39.9 Å². The Morgan fingerprint density at radius 2 is 1.52 bits per heavy atom. The van der Waals surface area contributed by atoms with Gasteiger partial charge in [0.2, 0.25) is 5.91 Å². The minimum atomic E-state index is -0.510. The van der Waals surface area contributed by atoms with Gasteiger partial charge < -0.3 is 19.9 Å². The normalized spacial score (nSPS) is 20.7. The van der Waals surface area contributed by atoms with E-state index in [1.807, 2.05) is 48.5 Å². The van der Waals surface area contributed by atoms with Crippen LogP contribution in [-0.4, -0.2) is 22.9 Å². The minimum absolute atomic E-state index is 0.0176. The van der Waals surface area contributed by atoms with Crippen LogP contribution in [0.1, 0.15) is 48.5 Å². The highest BCUT2D eigenvalue weighted by molar-refractivity contribution is 7.99. The zero-order chi connectivity index (χ0) is 27.9. The lowest BCUT2D eigenvalue weighted by Crippen LogP contribution is -2.38. The van der Waals surface area contributed by atoms with Crippen molar-refractivity contribution in [1.82, 2.24) is 5.32 Å². The van der Waals surface area contributed by atoms with E-state index in [1.165, 1.54) is 11.8 Å². The summed E-state index contributed by atoms with van der Waals surface area (Å²) in [4.78, 5) is 12.7. The lowest BCUT2D eigenvalue weighted by Gasteiger charge is -2.41. The Labute approximate surface area is 240 Å². The topological polar surface area (TPSA) is 67.8 Å². The van der Waals surface area contributed by atoms with Gasteiger partial charge in [0, 0.05) is 35.6 Å². The molecule has 1 saturated heterocycles. The van der Waals surface area contributed by atoms with Crippen LogP contribution in [0, 0.1) is 5.92 Å². The summed E-state index contributed by atoms with van der Waals surface area (Å²) >= 11 is 1.80. The number of benzene rings is 4. The van der Waals surface area contributed by atoms with Gasteiger partial charge in [0.25, 0.3) is 0 Å². The SMILES string of the molecule is CC(=O)NCc1ccccc1-c1ccc([C@@H]2O[C@H](CSc3ccccc3)[C@H](C)[C@H](c3ccc(CO)cc3)O2)cc1. The third-order valence-corrected chi connectivity index (χ3v) is 8.42. The van der Waals surface area contributed by atoms with E-state index in [4.69, 9.17) is 9.47 Å². The van der Waals surface area contributed by atoms with Crippen molar-refractivity contribution in [2.75, 3.05) is 5.75 Å². The van der Waals surface area contributed by atoms with E-state index in [0.29, 0.717) is 6.54 Å². The smallest absolute Gasteiger partial charge is 0.217 e. The number of carbonyl (C=O) groups excluding carboxylic acids is 1. The number of thioether (sulfide) groups is 1. The molecule has 2 N–H and O–H groups in total. The molecule has 1 aliphatic rings. The molecule has 1 aliphatic heterocycles. The molecule has 0 unspecified atom stereocenters. The molecule has 40 heavy (non-hydrogen) atoms. The summed E-state index contributed by atoms with van der Waals surface area (Å²) < 4.78 is 13.2. The average Bonchev–Trinajstić information content (AvgIpc) is 3.00. The molecule has 206 valence electrons. The maximum Gasteiger partial charge on any atom is 0.217 e. The highest BCUT2D eigenvalue weighted by atomic mass is 32.2. The predicted octanol–water partition coefficient (Wildman–Crippen LogP) is 7.07. The Kier molecular flexibility index (Phi) is 9.34. The van der Waals surface area contributed by atoms with Gasteiger partial charge >= 0.3 is 0 Å². The first-order valence-corrected chi connectivity index (χ1v) is 14.6. The summed E-state index contributed by atoms with van der Waals surface area (Å²) in [6.07, 6.45) is -0.681. The first kappa shape index (κ1) is 28.1. The fourth-order valence-corrected chi connectivity index (χ4v) is 6.09. The predicted molar refractivity (Wildman–Crippen MR) is 160 cm³/mol. The van der Waals surface area contributed by atoms with Crippen molar-refractivity contribution in [3.05, 3.63) is 125 Å². The third kappa shape index (κ3) is 6.83. The quantitative estimate of drug-likeness (QED) is 0.217. The molecule has 0 aromatic heterocycles. The molecule has 4 atom stereocenters. The summed E-state index contributed by atoms with van der Waals surface area (Å²) in [5.74, 6) is 0.893. The summed E-state index contributed by atoms with van der Waals surface area (Å²) in [6.45, 7) is 4.22. The second-order valence-corrected chi connectivity index (χ2v) is 11.2. The molecule has 0 bridgehead atoms. The summed E-state index contributed by atoms with van der Waals surface area (Å²) in [7, 11) is 0. The van der Waals surface area contributed by atoms with Crippen LogP contribution in [0.25, 0.3) is 11.1 Å². The largest absolute Gasteiger partial charge is 0.392 e. The van der Waals surface area contributed by atoms with Gasteiger partial charge in [-0.1, -0.05) is 97.9 Å². The van der Waals surface area contributed by atoms with Crippen LogP contribution >= 0.6 is 11.8 Å². The lowest BCUT2D eigenvalue weighted by atomic mass is 9.91. The Bertz CT molecular complexity index is 1390. The number of aliphatic hydroxyl groups is 1. The number of rotatable bonds is 9. The van der Waals surface area contributed by atoms with Crippen LogP contribution in [0.15, 0.2) is 108 Å². The summed E-state index contributed by atoms with van der Waals surface area (Å²) in [5.41, 5.74) is 6.14. The van der Waals surface area contributed by atoms with Crippen LogP contribution < -0.4 is 5.32 Å². The first-order chi connectivity index (χ1) is 19.5. The van der Waals surface area contributed by atoms with E-state index < -0.39 is 6.29 Å². The number of hydrogen-bond acceptors (Lipinski definition) is 5. The molecule has 0 radical (unpaired) electrons. The number of nitrogens with one attached hydrogen (secondary N) is 1. The molecule has 5 rings (SSSR count). The summed E-state index contributed by atoms with van der Waals surface area (Å²) in [6, 6.07) is 34.8. The fourth-order valence-electron chi connectivity index (χ4n) is 5.00. The van der Waals surface area contributed by atoms with Crippen molar-refractivity contribution < 1.29 is 19.4 Å². The number of aliphatic hydroxyl groups excluding tert-OH is 1. The fraction of sp³-hybridized carbons (Fsp3) is 0.265. The molecule has 4 aromatic rings. The first-order valence-electron chi connectivity index (χ1n) is 13.6. The lowest BCUT2D eigenvalue weighted by molar-refractivity contribution is -0.268. The van der Waals surface area contributed by atoms with Gasteiger partial charge in [-0.2, -0.15) is 0 Å². The van der Waals surface area contributed by atoms with E-state index >= 15 is 0 Å². The number of carbonyl (C=O) groups is 1. The van der Waals surface area contributed by atoms with Crippen molar-refractivity contribution in [1.29, 1.82) is 0 Å². The highest BCUT2D eigenvalue weighted by Crippen LogP contribution is 2.43. The number of hydrogen-bond donors (Lipinski definition) is 2. The zero-order valence-electron chi connectivity index (χ0n) is 22.8. The van der Waals surface area contributed by atoms with E-state index in [2.05, 4.69) is 66.8 Å². The molecule has 0 aliphatic carbocycles. The van der Waals surface area contributed by atoms with Gasteiger partial charge in [-0.15, -0.1) is 11.8 Å². The van der Waals surface area contributed by atoms with Gasteiger partial charge in [0.05, 0.1) is 18.8 Å². The van der Waals surface area contributed by atoms with Gasteiger partial charge in [0.15, 0.2) is 6.29 Å². The van der Waals surface area contributed by atoms with Gasteiger partial charge in [-0.3, -0.25) is 4.79 Å². The van der Waals surface area contributed by atoms with Crippen LogP contribution in [-0.2, 0) is 27.4 Å². The van der Waals surface area contributed by atoms with Crippen molar-refractivity contribution in [2.45, 2.75) is 50.4 Å². The van der Waals surface area contributed by atoms with E-state index in [0.717, 1.165) is 39.1 Å². The minimum Gasteiger partial charge on any atom is -0.392 e. The third-order valence-electron chi connectivity index (χ3n) is 7.32. The highest BCUT2D eigenvalue weighted by Gasteiger charge is 2.38. The van der Waals surface area contributed by atoms with Crippen LogP contribution in [0.4, 0.5) is 0 Å².